The largest absolute Gasteiger partial charge is 0.311 e. The van der Waals surface area contributed by atoms with Gasteiger partial charge in [0.25, 0.3) is 0 Å². The van der Waals surface area contributed by atoms with Crippen molar-refractivity contribution >= 4 is 34.7 Å². The summed E-state index contributed by atoms with van der Waals surface area (Å²) in [5.74, 6) is 0.741. The number of halogens is 1. The van der Waals surface area contributed by atoms with Gasteiger partial charge in [0, 0.05) is 19.5 Å². The Morgan fingerprint density at radius 3 is 2.90 bits per heavy atom. The molecular formula is C13H15ClN6. The summed E-state index contributed by atoms with van der Waals surface area (Å²) in [6.45, 7) is 2.64. The maximum absolute atomic E-state index is 6.08. The Morgan fingerprint density at radius 1 is 1.35 bits per heavy atom. The minimum Gasteiger partial charge on any atom is -0.311 e. The molecule has 1 aliphatic heterocycles. The zero-order valence-electron chi connectivity index (χ0n) is 11.4. The van der Waals surface area contributed by atoms with Gasteiger partial charge in [-0.25, -0.2) is 4.98 Å². The van der Waals surface area contributed by atoms with Crippen LogP contribution in [-0.2, 0) is 13.5 Å². The van der Waals surface area contributed by atoms with E-state index < -0.39 is 0 Å². The van der Waals surface area contributed by atoms with Gasteiger partial charge in [0.2, 0.25) is 5.28 Å². The summed E-state index contributed by atoms with van der Waals surface area (Å²) in [7, 11) is 1.90. The number of nitrogens with zero attached hydrogens (tertiary/aromatic N) is 6. The second-order valence-electron chi connectivity index (χ2n) is 4.62. The van der Waals surface area contributed by atoms with Gasteiger partial charge >= 0.3 is 0 Å². The number of aryl methyl sites for hydroxylation is 2. The maximum atomic E-state index is 6.08. The third kappa shape index (κ3) is 2.16. The molecule has 6 nitrogen and oxygen atoms in total. The second-order valence-corrected chi connectivity index (χ2v) is 4.96. The van der Waals surface area contributed by atoms with Crippen LogP contribution in [0.15, 0.2) is 17.3 Å². The lowest BCUT2D eigenvalue weighted by molar-refractivity contribution is 0.751. The molecule has 0 N–H and O–H groups in total. The van der Waals surface area contributed by atoms with Gasteiger partial charge < -0.3 is 4.90 Å². The summed E-state index contributed by atoms with van der Waals surface area (Å²) in [6.07, 6.45) is 7.45. The monoisotopic (exact) mass is 290 g/mol. The summed E-state index contributed by atoms with van der Waals surface area (Å²) >= 11 is 6.08. The van der Waals surface area contributed by atoms with Gasteiger partial charge in [0.05, 0.1) is 5.69 Å². The summed E-state index contributed by atoms with van der Waals surface area (Å²) in [6, 6.07) is 0. The van der Waals surface area contributed by atoms with E-state index in [4.69, 9.17) is 11.6 Å². The van der Waals surface area contributed by atoms with Crippen LogP contribution < -0.4 is 4.90 Å². The average molecular weight is 291 g/mol. The lowest BCUT2D eigenvalue weighted by atomic mass is 10.2. The van der Waals surface area contributed by atoms with Crippen molar-refractivity contribution in [3.05, 3.63) is 23.3 Å². The molecule has 104 valence electrons. The molecule has 3 heterocycles. The Balaban J connectivity index is 2.21. The highest BCUT2D eigenvalue weighted by atomic mass is 35.5. The smallest absolute Gasteiger partial charge is 0.225 e. The molecule has 0 atom stereocenters. The molecule has 0 saturated carbocycles. The van der Waals surface area contributed by atoms with Crippen molar-refractivity contribution in [2.45, 2.75) is 19.8 Å². The molecule has 7 heteroatoms. The first-order chi connectivity index (χ1) is 9.70. The number of allylic oxidation sites excluding steroid dienone is 1. The van der Waals surface area contributed by atoms with E-state index >= 15 is 0 Å². The number of hydrogen-bond donors (Lipinski definition) is 0. The van der Waals surface area contributed by atoms with Crippen LogP contribution in [0.5, 0.6) is 0 Å². The topological polar surface area (TPSA) is 59.2 Å². The minimum absolute atomic E-state index is 0.237. The first kappa shape index (κ1) is 13.1. The van der Waals surface area contributed by atoms with Gasteiger partial charge in [0.1, 0.15) is 17.7 Å². The molecule has 3 rings (SSSR count). The quantitative estimate of drug-likeness (QED) is 0.814. The summed E-state index contributed by atoms with van der Waals surface area (Å²) < 4.78 is 1.82. The van der Waals surface area contributed by atoms with E-state index in [1.54, 1.807) is 6.21 Å². The van der Waals surface area contributed by atoms with Crippen molar-refractivity contribution < 1.29 is 0 Å². The Labute approximate surface area is 121 Å². The fourth-order valence-corrected chi connectivity index (χ4v) is 2.49. The standard InChI is InChI=1S/C13H15ClN6/c1-3-5-9-10-11(19(2)18-9)12(17-13(14)16-10)20-7-4-6-15-8-20/h4,6-7H,3,5,8H2,1-2H3. The lowest BCUT2D eigenvalue weighted by Crippen LogP contribution is -2.20. The van der Waals surface area contributed by atoms with Crippen LogP contribution in [0.2, 0.25) is 5.28 Å². The molecule has 0 aromatic carbocycles. The number of rotatable bonds is 3. The summed E-state index contributed by atoms with van der Waals surface area (Å²) in [5, 5.41) is 4.78. The fraction of sp³-hybridized carbons (Fsp3) is 0.385. The second kappa shape index (κ2) is 5.20. The molecule has 0 fully saturated rings. The van der Waals surface area contributed by atoms with Gasteiger partial charge in [-0.05, 0) is 24.1 Å². The number of aliphatic imine (C=N–C) groups is 1. The number of anilines is 1. The zero-order chi connectivity index (χ0) is 14.1. The van der Waals surface area contributed by atoms with E-state index in [-0.39, 0.29) is 5.28 Å². The lowest BCUT2D eigenvalue weighted by Gasteiger charge is -2.19. The van der Waals surface area contributed by atoms with Crippen molar-refractivity contribution in [3.8, 4) is 0 Å². The minimum atomic E-state index is 0.237. The van der Waals surface area contributed by atoms with Crippen LogP contribution in [0.4, 0.5) is 5.82 Å². The molecule has 0 amide bonds. The predicted molar refractivity (Wildman–Crippen MR) is 80.3 cm³/mol. The molecule has 0 aliphatic carbocycles. The van der Waals surface area contributed by atoms with Gasteiger partial charge in [0.15, 0.2) is 5.82 Å². The molecule has 2 aromatic heterocycles. The van der Waals surface area contributed by atoms with Gasteiger partial charge in [-0.15, -0.1) is 0 Å². The highest BCUT2D eigenvalue weighted by Gasteiger charge is 2.19. The van der Waals surface area contributed by atoms with Gasteiger partial charge in [-0.1, -0.05) is 13.3 Å². The molecule has 0 bridgehead atoms. The van der Waals surface area contributed by atoms with E-state index in [0.29, 0.717) is 6.67 Å². The van der Waals surface area contributed by atoms with E-state index in [2.05, 4.69) is 27.0 Å². The molecule has 2 aromatic rings. The van der Waals surface area contributed by atoms with Crippen molar-refractivity contribution in [3.63, 3.8) is 0 Å². The highest BCUT2D eigenvalue weighted by molar-refractivity contribution is 6.28. The van der Waals surface area contributed by atoms with E-state index in [0.717, 1.165) is 35.4 Å². The van der Waals surface area contributed by atoms with Crippen molar-refractivity contribution in [1.82, 2.24) is 19.7 Å². The van der Waals surface area contributed by atoms with Crippen molar-refractivity contribution in [2.24, 2.45) is 12.0 Å². The SMILES string of the molecule is CCCc1nn(C)c2c(N3C=CC=NC3)nc(Cl)nc12. The Hall–Kier alpha value is -1.95. The van der Waals surface area contributed by atoms with Gasteiger partial charge in [-0.3, -0.25) is 9.67 Å². The molecule has 0 radical (unpaired) electrons. The Bertz CT molecular complexity index is 702. The zero-order valence-corrected chi connectivity index (χ0v) is 12.2. The third-order valence-corrected chi connectivity index (χ3v) is 3.33. The molecular weight excluding hydrogens is 276 g/mol. The number of aromatic nitrogens is 4. The summed E-state index contributed by atoms with van der Waals surface area (Å²) in [5.41, 5.74) is 2.67. The first-order valence-electron chi connectivity index (χ1n) is 6.53. The van der Waals surface area contributed by atoms with Crippen LogP contribution >= 0.6 is 11.6 Å². The average Bonchev–Trinajstić information content (AvgIpc) is 2.76. The van der Waals surface area contributed by atoms with Crippen LogP contribution in [0.3, 0.4) is 0 Å². The van der Waals surface area contributed by atoms with Crippen molar-refractivity contribution in [2.75, 3.05) is 11.6 Å². The van der Waals surface area contributed by atoms with Gasteiger partial charge in [-0.2, -0.15) is 10.1 Å². The Morgan fingerprint density at radius 2 is 2.20 bits per heavy atom. The molecule has 0 spiro atoms. The third-order valence-electron chi connectivity index (χ3n) is 3.16. The molecule has 0 saturated heterocycles. The number of fused-ring (bicyclic) bond motifs is 1. The van der Waals surface area contributed by atoms with Crippen molar-refractivity contribution in [1.29, 1.82) is 0 Å². The fourth-order valence-electron chi connectivity index (χ4n) is 2.32. The molecule has 0 unspecified atom stereocenters. The van der Waals surface area contributed by atoms with Crippen LogP contribution in [0, 0.1) is 0 Å². The normalized spacial score (nSPS) is 14.4. The summed E-state index contributed by atoms with van der Waals surface area (Å²) in [4.78, 5) is 14.9. The highest BCUT2D eigenvalue weighted by Crippen LogP contribution is 2.28. The van der Waals surface area contributed by atoms with E-state index in [1.807, 2.05) is 28.9 Å². The first-order valence-corrected chi connectivity index (χ1v) is 6.91. The number of hydrogen-bond acceptors (Lipinski definition) is 5. The maximum Gasteiger partial charge on any atom is 0.225 e. The van der Waals surface area contributed by atoms with E-state index in [9.17, 15) is 0 Å². The predicted octanol–water partition coefficient (Wildman–Crippen LogP) is 2.33. The molecule has 20 heavy (non-hydrogen) atoms. The van der Waals surface area contributed by atoms with Crippen LogP contribution in [0.1, 0.15) is 19.0 Å². The van der Waals surface area contributed by atoms with Crippen LogP contribution in [-0.4, -0.2) is 32.6 Å². The molecule has 1 aliphatic rings. The Kier molecular flexibility index (Phi) is 3.40. The van der Waals surface area contributed by atoms with Crippen LogP contribution in [0.25, 0.3) is 11.0 Å². The van der Waals surface area contributed by atoms with E-state index in [1.165, 1.54) is 0 Å².